The third-order valence-electron chi connectivity index (χ3n) is 5.85. The lowest BCUT2D eigenvalue weighted by atomic mass is 10.1. The van der Waals surface area contributed by atoms with E-state index in [2.05, 4.69) is 16.5 Å². The predicted molar refractivity (Wildman–Crippen MR) is 138 cm³/mol. The van der Waals surface area contributed by atoms with Crippen molar-refractivity contribution in [2.75, 3.05) is 18.8 Å². The van der Waals surface area contributed by atoms with E-state index < -0.39 is 0 Å². The van der Waals surface area contributed by atoms with Crippen LogP contribution in [0.15, 0.2) is 73.6 Å². The Morgan fingerprint density at radius 2 is 1.80 bits per heavy atom. The molecule has 1 saturated heterocycles. The van der Waals surface area contributed by atoms with E-state index in [0.29, 0.717) is 35.6 Å². The first-order valence-corrected chi connectivity index (χ1v) is 11.9. The van der Waals surface area contributed by atoms with Gasteiger partial charge >= 0.3 is 0 Å². The normalized spacial score (nSPS) is 15.3. The average Bonchev–Trinajstić information content (AvgIpc) is 3.31. The molecule has 0 bridgehead atoms. The Hall–Kier alpha value is -4.20. The molecule has 180 valence electrons. The van der Waals surface area contributed by atoms with E-state index in [9.17, 15) is 4.79 Å². The lowest BCUT2D eigenvalue weighted by Gasteiger charge is -2.32. The van der Waals surface area contributed by atoms with Gasteiger partial charge in [-0.25, -0.2) is 14.6 Å². The van der Waals surface area contributed by atoms with Crippen molar-refractivity contribution in [3.63, 3.8) is 0 Å². The Labute approximate surface area is 205 Å². The summed E-state index contributed by atoms with van der Waals surface area (Å²) in [6.07, 6.45) is 4.58. The number of para-hydroxylation sites is 1. The number of anilines is 1. The van der Waals surface area contributed by atoms with Crippen LogP contribution in [-0.4, -0.2) is 43.6 Å². The van der Waals surface area contributed by atoms with E-state index in [1.807, 2.05) is 73.1 Å². The number of benzene rings is 2. The maximum Gasteiger partial charge on any atom is 0.246 e. The number of piperidine rings is 1. The summed E-state index contributed by atoms with van der Waals surface area (Å²) in [7, 11) is 0. The van der Waals surface area contributed by atoms with Crippen molar-refractivity contribution in [2.24, 2.45) is 0 Å². The van der Waals surface area contributed by atoms with Crippen molar-refractivity contribution in [1.82, 2.24) is 24.6 Å². The molecule has 1 unspecified atom stereocenters. The maximum atomic E-state index is 12.2. The van der Waals surface area contributed by atoms with Gasteiger partial charge in [0.15, 0.2) is 5.65 Å². The Bertz CT molecular complexity index is 1300. The molecule has 2 aromatic carbocycles. The number of nitrogens with zero attached hydrogens (tertiary/aromatic N) is 5. The molecule has 5 rings (SSSR count). The Balaban J connectivity index is 0.00000141. The molecule has 0 radical (unpaired) electrons. The van der Waals surface area contributed by atoms with Crippen LogP contribution in [0.2, 0.25) is 0 Å². The number of fused-ring (bicyclic) bond motifs is 1. The fourth-order valence-corrected chi connectivity index (χ4v) is 4.24. The summed E-state index contributed by atoms with van der Waals surface area (Å²) in [5.41, 5.74) is 8.52. The van der Waals surface area contributed by atoms with Gasteiger partial charge in [-0.3, -0.25) is 4.79 Å². The molecule has 8 nitrogen and oxygen atoms in total. The number of carbonyl (C=O) groups excluding carboxylic acids is 1. The number of hydrogen-bond donors (Lipinski definition) is 1. The summed E-state index contributed by atoms with van der Waals surface area (Å²) in [4.78, 5) is 22.7. The minimum absolute atomic E-state index is 0.00566. The van der Waals surface area contributed by atoms with Crippen molar-refractivity contribution in [2.45, 2.75) is 32.7 Å². The standard InChI is InChI=1S/C25H24N6O2.C2H6/c1-2-21(32)30-14-6-7-18(15-30)31-25-22(24(26)27-16-28-25)23(29-31)17-10-12-20(13-11-17)33-19-8-4-3-5-9-19;1-2/h2-5,8-13,16,18H,1,6-7,14-15H2,(H2,26,27,28);1-2H3. The predicted octanol–water partition coefficient (Wildman–Crippen LogP) is 5.24. The SMILES string of the molecule is C=CC(=O)N1CCCC(n2nc(-c3ccc(Oc4ccccc4)cc3)c3c(N)ncnc32)C1.CC. The third kappa shape index (κ3) is 5.01. The fourth-order valence-electron chi connectivity index (χ4n) is 4.24. The molecule has 1 aliphatic rings. The van der Waals surface area contributed by atoms with Crippen molar-refractivity contribution in [1.29, 1.82) is 0 Å². The molecule has 1 fully saturated rings. The van der Waals surface area contributed by atoms with E-state index in [1.165, 1.54) is 12.4 Å². The molecule has 1 amide bonds. The van der Waals surface area contributed by atoms with Crippen LogP contribution in [0, 0.1) is 0 Å². The summed E-state index contributed by atoms with van der Waals surface area (Å²) < 4.78 is 7.79. The van der Waals surface area contributed by atoms with Gasteiger partial charge in [-0.2, -0.15) is 5.10 Å². The van der Waals surface area contributed by atoms with Crippen molar-refractivity contribution < 1.29 is 9.53 Å². The molecule has 1 atom stereocenters. The van der Waals surface area contributed by atoms with Crippen LogP contribution in [0.1, 0.15) is 32.7 Å². The van der Waals surface area contributed by atoms with Gasteiger partial charge in [-0.1, -0.05) is 38.6 Å². The number of rotatable bonds is 5. The van der Waals surface area contributed by atoms with Gasteiger partial charge < -0.3 is 15.4 Å². The zero-order valence-electron chi connectivity index (χ0n) is 20.1. The van der Waals surface area contributed by atoms with Crippen LogP contribution in [-0.2, 0) is 4.79 Å². The van der Waals surface area contributed by atoms with E-state index in [0.717, 1.165) is 29.9 Å². The van der Waals surface area contributed by atoms with Gasteiger partial charge in [0.25, 0.3) is 0 Å². The van der Waals surface area contributed by atoms with Crippen LogP contribution in [0.25, 0.3) is 22.3 Å². The Morgan fingerprint density at radius 1 is 1.09 bits per heavy atom. The van der Waals surface area contributed by atoms with Crippen LogP contribution in [0.4, 0.5) is 5.82 Å². The van der Waals surface area contributed by atoms with Gasteiger partial charge in [0.05, 0.1) is 11.4 Å². The van der Waals surface area contributed by atoms with E-state index in [1.54, 1.807) is 4.90 Å². The zero-order chi connectivity index (χ0) is 24.8. The summed E-state index contributed by atoms with van der Waals surface area (Å²) in [6.45, 7) is 8.88. The topological polar surface area (TPSA) is 99.2 Å². The molecule has 2 aromatic heterocycles. The second kappa shape index (κ2) is 10.8. The summed E-state index contributed by atoms with van der Waals surface area (Å²) >= 11 is 0. The lowest BCUT2D eigenvalue weighted by molar-refractivity contribution is -0.127. The molecule has 2 N–H and O–H groups in total. The second-order valence-electron chi connectivity index (χ2n) is 7.97. The monoisotopic (exact) mass is 470 g/mol. The number of hydrogen-bond acceptors (Lipinski definition) is 6. The van der Waals surface area contributed by atoms with Gasteiger partial charge in [0.1, 0.15) is 29.3 Å². The molecule has 8 heteroatoms. The second-order valence-corrected chi connectivity index (χ2v) is 7.97. The molecular weight excluding hydrogens is 440 g/mol. The Morgan fingerprint density at radius 3 is 2.51 bits per heavy atom. The molecule has 0 aliphatic carbocycles. The number of nitrogens with two attached hydrogens (primary N) is 1. The Kier molecular flexibility index (Phi) is 7.40. The van der Waals surface area contributed by atoms with Gasteiger partial charge in [0.2, 0.25) is 5.91 Å². The van der Waals surface area contributed by atoms with Gasteiger partial charge in [-0.15, -0.1) is 0 Å². The minimum atomic E-state index is -0.0699. The number of ether oxygens (including phenoxy) is 1. The quantitative estimate of drug-likeness (QED) is 0.400. The maximum absolute atomic E-state index is 12.2. The third-order valence-corrected chi connectivity index (χ3v) is 5.85. The lowest BCUT2D eigenvalue weighted by Crippen LogP contribution is -2.40. The van der Waals surface area contributed by atoms with E-state index in [4.69, 9.17) is 15.6 Å². The van der Waals surface area contributed by atoms with Crippen LogP contribution in [0.3, 0.4) is 0 Å². The van der Waals surface area contributed by atoms with Crippen LogP contribution < -0.4 is 10.5 Å². The highest BCUT2D eigenvalue weighted by Gasteiger charge is 2.28. The highest BCUT2D eigenvalue weighted by atomic mass is 16.5. The first-order valence-electron chi connectivity index (χ1n) is 11.9. The zero-order valence-corrected chi connectivity index (χ0v) is 20.1. The molecule has 4 aromatic rings. The van der Waals surface area contributed by atoms with Crippen LogP contribution >= 0.6 is 0 Å². The van der Waals surface area contributed by atoms with E-state index in [-0.39, 0.29) is 11.9 Å². The summed E-state index contributed by atoms with van der Waals surface area (Å²) in [5.74, 6) is 1.80. The van der Waals surface area contributed by atoms with Gasteiger partial charge in [0, 0.05) is 18.7 Å². The smallest absolute Gasteiger partial charge is 0.246 e. The van der Waals surface area contributed by atoms with Crippen molar-refractivity contribution in [3.05, 3.63) is 73.6 Å². The highest BCUT2D eigenvalue weighted by Crippen LogP contribution is 2.34. The number of amides is 1. The minimum Gasteiger partial charge on any atom is -0.457 e. The fraction of sp³-hybridized carbons (Fsp3) is 0.259. The first kappa shape index (κ1) is 23.9. The molecule has 1 aliphatic heterocycles. The summed E-state index contributed by atoms with van der Waals surface area (Å²) in [6, 6.07) is 17.3. The number of likely N-dealkylation sites (tertiary alicyclic amines) is 1. The molecule has 35 heavy (non-hydrogen) atoms. The first-order chi connectivity index (χ1) is 17.1. The largest absolute Gasteiger partial charge is 0.457 e. The highest BCUT2D eigenvalue weighted by molar-refractivity contribution is 5.98. The molecule has 0 spiro atoms. The van der Waals surface area contributed by atoms with E-state index >= 15 is 0 Å². The summed E-state index contributed by atoms with van der Waals surface area (Å²) in [5, 5.41) is 5.62. The average molecular weight is 471 g/mol. The van der Waals surface area contributed by atoms with Gasteiger partial charge in [-0.05, 0) is 55.3 Å². The molecule has 0 saturated carbocycles. The number of nitrogen functional groups attached to an aromatic ring is 1. The molecular formula is C27H30N6O2. The van der Waals surface area contributed by atoms with Crippen LogP contribution in [0.5, 0.6) is 11.5 Å². The molecule has 3 heterocycles. The number of aromatic nitrogens is 4. The van der Waals surface area contributed by atoms with Crippen molar-refractivity contribution >= 4 is 22.8 Å². The number of carbonyl (C=O) groups is 1. The van der Waals surface area contributed by atoms with Crippen molar-refractivity contribution in [3.8, 4) is 22.8 Å².